The Bertz CT molecular complexity index is 843. The van der Waals surface area contributed by atoms with Crippen molar-refractivity contribution in [3.8, 4) is 0 Å². The number of carbonyl (C=O) groups is 2. The van der Waals surface area contributed by atoms with Crippen LogP contribution in [0.2, 0.25) is 0 Å². The van der Waals surface area contributed by atoms with Gasteiger partial charge in [0.2, 0.25) is 5.91 Å². The van der Waals surface area contributed by atoms with Gasteiger partial charge in [-0.15, -0.1) is 0 Å². The van der Waals surface area contributed by atoms with Crippen LogP contribution in [0, 0.1) is 5.92 Å². The number of primary amides is 1. The molecule has 29 heavy (non-hydrogen) atoms. The van der Waals surface area contributed by atoms with E-state index in [-0.39, 0.29) is 17.7 Å². The second-order valence-corrected chi connectivity index (χ2v) is 7.72. The maximum Gasteiger partial charge on any atom is 0.255 e. The average Bonchev–Trinajstić information content (AvgIpc) is 2.73. The summed E-state index contributed by atoms with van der Waals surface area (Å²) >= 11 is 0. The topological polar surface area (TPSA) is 91.6 Å². The van der Waals surface area contributed by atoms with Gasteiger partial charge in [-0.2, -0.15) is 0 Å². The van der Waals surface area contributed by atoms with Gasteiger partial charge in [0, 0.05) is 44.0 Å². The molecule has 7 nitrogen and oxygen atoms in total. The van der Waals surface area contributed by atoms with Crippen molar-refractivity contribution in [3.05, 3.63) is 53.7 Å². The standard InChI is InChI=1S/C22H29N5O2/c1-26(2)20-15-18(7-11-24-20)22(29)25-19-5-3-16(4-6-19)8-12-27-13-9-17(10-14-27)21(23)28/h3-7,11,15,17H,8-10,12-14H2,1-2H3,(H2,23,28)(H,25,29). The van der Waals surface area contributed by atoms with Crippen LogP contribution in [0.3, 0.4) is 0 Å². The first-order valence-corrected chi connectivity index (χ1v) is 9.97. The van der Waals surface area contributed by atoms with Gasteiger partial charge in [0.1, 0.15) is 5.82 Å². The number of likely N-dealkylation sites (tertiary alicyclic amines) is 1. The Morgan fingerprint density at radius 1 is 1.17 bits per heavy atom. The van der Waals surface area contributed by atoms with Crippen LogP contribution in [0.5, 0.6) is 0 Å². The number of benzene rings is 1. The minimum absolute atomic E-state index is 0.0309. The number of aromatic nitrogens is 1. The van der Waals surface area contributed by atoms with E-state index in [2.05, 4.69) is 15.2 Å². The summed E-state index contributed by atoms with van der Waals surface area (Å²) in [6, 6.07) is 11.4. The molecule has 0 spiro atoms. The van der Waals surface area contributed by atoms with Gasteiger partial charge < -0.3 is 20.9 Å². The minimum atomic E-state index is -0.174. The maximum atomic E-state index is 12.5. The van der Waals surface area contributed by atoms with E-state index in [1.54, 1.807) is 18.3 Å². The molecular formula is C22H29N5O2. The van der Waals surface area contributed by atoms with Gasteiger partial charge in [-0.1, -0.05) is 12.1 Å². The number of carbonyl (C=O) groups excluding carboxylic acids is 2. The Morgan fingerprint density at radius 3 is 2.48 bits per heavy atom. The summed E-state index contributed by atoms with van der Waals surface area (Å²) in [4.78, 5) is 32.2. The number of hydrogen-bond donors (Lipinski definition) is 2. The summed E-state index contributed by atoms with van der Waals surface area (Å²) in [5, 5.41) is 2.93. The smallest absolute Gasteiger partial charge is 0.255 e. The predicted molar refractivity (Wildman–Crippen MR) is 115 cm³/mol. The van der Waals surface area contributed by atoms with Gasteiger partial charge in [0.25, 0.3) is 5.91 Å². The first-order chi connectivity index (χ1) is 13.9. The Hall–Kier alpha value is -2.93. The summed E-state index contributed by atoms with van der Waals surface area (Å²) in [5.74, 6) is 0.448. The van der Waals surface area contributed by atoms with Crippen LogP contribution in [0.4, 0.5) is 11.5 Å². The fraction of sp³-hybridized carbons (Fsp3) is 0.409. The van der Waals surface area contributed by atoms with E-state index in [9.17, 15) is 9.59 Å². The molecule has 0 radical (unpaired) electrons. The second kappa shape index (κ2) is 9.52. The highest BCUT2D eigenvalue weighted by Gasteiger charge is 2.22. The summed E-state index contributed by atoms with van der Waals surface area (Å²) in [6.07, 6.45) is 4.28. The molecule has 0 aliphatic carbocycles. The maximum absolute atomic E-state index is 12.5. The molecule has 0 bridgehead atoms. The van der Waals surface area contributed by atoms with Crippen molar-refractivity contribution in [2.45, 2.75) is 19.3 Å². The summed E-state index contributed by atoms with van der Waals surface area (Å²) in [5.41, 5.74) is 7.96. The Morgan fingerprint density at radius 2 is 1.86 bits per heavy atom. The lowest BCUT2D eigenvalue weighted by molar-refractivity contribution is -0.123. The highest BCUT2D eigenvalue weighted by Crippen LogP contribution is 2.18. The van der Waals surface area contributed by atoms with Gasteiger partial charge in [-0.25, -0.2) is 4.98 Å². The monoisotopic (exact) mass is 395 g/mol. The molecule has 2 aromatic rings. The van der Waals surface area contributed by atoms with E-state index < -0.39 is 0 Å². The minimum Gasteiger partial charge on any atom is -0.369 e. The van der Waals surface area contributed by atoms with Crippen molar-refractivity contribution in [2.75, 3.05) is 43.9 Å². The highest BCUT2D eigenvalue weighted by molar-refractivity contribution is 6.04. The fourth-order valence-corrected chi connectivity index (χ4v) is 3.49. The van der Waals surface area contributed by atoms with Crippen molar-refractivity contribution in [1.82, 2.24) is 9.88 Å². The number of nitrogens with zero attached hydrogens (tertiary/aromatic N) is 3. The molecular weight excluding hydrogens is 366 g/mol. The van der Waals surface area contributed by atoms with Crippen molar-refractivity contribution in [3.63, 3.8) is 0 Å². The molecule has 154 valence electrons. The first-order valence-electron chi connectivity index (χ1n) is 9.97. The van der Waals surface area contributed by atoms with E-state index in [4.69, 9.17) is 5.73 Å². The van der Waals surface area contributed by atoms with Crippen molar-refractivity contribution >= 4 is 23.3 Å². The van der Waals surface area contributed by atoms with Gasteiger partial charge in [-0.05, 0) is 62.2 Å². The number of nitrogens with two attached hydrogens (primary N) is 1. The lowest BCUT2D eigenvalue weighted by Crippen LogP contribution is -2.39. The quantitative estimate of drug-likeness (QED) is 0.749. The lowest BCUT2D eigenvalue weighted by atomic mass is 9.96. The van der Waals surface area contributed by atoms with Crippen molar-refractivity contribution < 1.29 is 9.59 Å². The second-order valence-electron chi connectivity index (χ2n) is 7.72. The summed E-state index contributed by atoms with van der Waals surface area (Å²) in [7, 11) is 3.78. The third-order valence-corrected chi connectivity index (χ3v) is 5.38. The zero-order valence-corrected chi connectivity index (χ0v) is 17.1. The molecule has 2 heterocycles. The van der Waals surface area contributed by atoms with E-state index in [1.165, 1.54) is 5.56 Å². The van der Waals surface area contributed by atoms with E-state index in [1.807, 2.05) is 43.3 Å². The van der Waals surface area contributed by atoms with Gasteiger partial charge in [0.15, 0.2) is 0 Å². The zero-order valence-electron chi connectivity index (χ0n) is 17.1. The third-order valence-electron chi connectivity index (χ3n) is 5.38. The van der Waals surface area contributed by atoms with Crippen LogP contribution in [-0.4, -0.2) is 55.4 Å². The molecule has 1 aromatic carbocycles. The van der Waals surface area contributed by atoms with Crippen LogP contribution >= 0.6 is 0 Å². The van der Waals surface area contributed by atoms with E-state index >= 15 is 0 Å². The van der Waals surface area contributed by atoms with Crippen molar-refractivity contribution in [1.29, 1.82) is 0 Å². The number of nitrogens with one attached hydrogen (secondary N) is 1. The van der Waals surface area contributed by atoms with Crippen LogP contribution in [0.1, 0.15) is 28.8 Å². The van der Waals surface area contributed by atoms with E-state index in [0.29, 0.717) is 5.56 Å². The van der Waals surface area contributed by atoms with Crippen LogP contribution in [0.15, 0.2) is 42.6 Å². The molecule has 7 heteroatoms. The van der Waals surface area contributed by atoms with Gasteiger partial charge >= 0.3 is 0 Å². The highest BCUT2D eigenvalue weighted by atomic mass is 16.2. The molecule has 1 aromatic heterocycles. The predicted octanol–water partition coefficient (Wildman–Crippen LogP) is 2.14. The lowest BCUT2D eigenvalue weighted by Gasteiger charge is -2.30. The number of piperidine rings is 1. The molecule has 1 fully saturated rings. The molecule has 0 saturated carbocycles. The number of amides is 2. The number of rotatable bonds is 7. The molecule has 1 saturated heterocycles. The van der Waals surface area contributed by atoms with Crippen molar-refractivity contribution in [2.24, 2.45) is 11.7 Å². The third kappa shape index (κ3) is 5.77. The molecule has 2 amide bonds. The normalized spacial score (nSPS) is 15.1. The Kier molecular flexibility index (Phi) is 6.82. The summed E-state index contributed by atoms with van der Waals surface area (Å²) in [6.45, 7) is 2.80. The van der Waals surface area contributed by atoms with Crippen LogP contribution in [0.25, 0.3) is 0 Å². The van der Waals surface area contributed by atoms with Gasteiger partial charge in [0.05, 0.1) is 0 Å². The summed E-state index contributed by atoms with van der Waals surface area (Å²) < 4.78 is 0. The number of anilines is 2. The SMILES string of the molecule is CN(C)c1cc(C(=O)Nc2ccc(CCN3CCC(C(N)=O)CC3)cc2)ccn1. The number of pyridine rings is 1. The molecule has 3 N–H and O–H groups in total. The van der Waals surface area contributed by atoms with Gasteiger partial charge in [-0.3, -0.25) is 9.59 Å². The average molecular weight is 396 g/mol. The number of hydrogen-bond acceptors (Lipinski definition) is 5. The van der Waals surface area contributed by atoms with Crippen LogP contribution < -0.4 is 16.0 Å². The first kappa shape index (κ1) is 20.8. The Balaban J connectivity index is 1.49. The largest absolute Gasteiger partial charge is 0.369 e. The molecule has 0 atom stereocenters. The Labute approximate surface area is 171 Å². The van der Waals surface area contributed by atoms with Crippen LogP contribution in [-0.2, 0) is 11.2 Å². The molecule has 1 aliphatic rings. The molecule has 0 unspecified atom stereocenters. The molecule has 1 aliphatic heterocycles. The molecule has 3 rings (SSSR count). The zero-order chi connectivity index (χ0) is 20.8. The van der Waals surface area contributed by atoms with E-state index in [0.717, 1.165) is 50.4 Å². The fourth-order valence-electron chi connectivity index (χ4n) is 3.49.